The molecule has 40 heavy (non-hydrogen) atoms. The number of rotatable bonds is 4. The van der Waals surface area contributed by atoms with Crippen LogP contribution in [0.4, 0.5) is 18.9 Å². The zero-order valence-electron chi connectivity index (χ0n) is 21.6. The van der Waals surface area contributed by atoms with Crippen LogP contribution in [-0.2, 0) is 6.18 Å². The molecule has 4 heterocycles. The Hall–Kier alpha value is -4.51. The average molecular weight is 548 g/mol. The highest BCUT2D eigenvalue weighted by molar-refractivity contribution is 5.93. The van der Waals surface area contributed by atoms with E-state index in [2.05, 4.69) is 15.1 Å². The van der Waals surface area contributed by atoms with Gasteiger partial charge in [-0.1, -0.05) is 0 Å². The van der Waals surface area contributed by atoms with E-state index < -0.39 is 29.1 Å². The second-order valence-corrected chi connectivity index (χ2v) is 10.0. The summed E-state index contributed by atoms with van der Waals surface area (Å²) in [6.45, 7) is 4.45. The monoisotopic (exact) mass is 547 g/mol. The Kier molecular flexibility index (Phi) is 6.18. The summed E-state index contributed by atoms with van der Waals surface area (Å²) in [6.07, 6.45) is -0.458. The topological polar surface area (TPSA) is 97.3 Å². The number of aromatic nitrogens is 4. The van der Waals surface area contributed by atoms with E-state index >= 15 is 0 Å². The molecule has 1 fully saturated rings. The maximum absolute atomic E-state index is 14.3. The fraction of sp³-hybridized carbons (Fsp3) is 0.241. The Morgan fingerprint density at radius 3 is 2.52 bits per heavy atom. The van der Waals surface area contributed by atoms with Crippen LogP contribution in [0.2, 0.25) is 0 Å². The number of benzene rings is 2. The number of hydrogen-bond donors (Lipinski definition) is 1. The molecule has 0 saturated carbocycles. The summed E-state index contributed by atoms with van der Waals surface area (Å²) in [6, 6.07) is 10.9. The molecule has 5 aromatic rings. The first-order valence-electron chi connectivity index (χ1n) is 12.6. The smallest absolute Gasteiger partial charge is 0.418 e. The van der Waals surface area contributed by atoms with Crippen molar-refractivity contribution >= 4 is 16.6 Å². The number of alkyl halides is 3. The van der Waals surface area contributed by atoms with Crippen molar-refractivity contribution in [3.05, 3.63) is 88.3 Å². The summed E-state index contributed by atoms with van der Waals surface area (Å²) in [4.78, 5) is 23.8. The Labute approximate surface area is 226 Å². The third-order valence-electron chi connectivity index (χ3n) is 6.99. The van der Waals surface area contributed by atoms with Crippen LogP contribution in [0.15, 0.2) is 70.5 Å². The number of aliphatic hydroxyl groups excluding tert-OH is 1. The highest BCUT2D eigenvalue weighted by Crippen LogP contribution is 2.37. The molecule has 1 atom stereocenters. The van der Waals surface area contributed by atoms with Crippen LogP contribution in [0.25, 0.3) is 39.2 Å². The zero-order chi connectivity index (χ0) is 28.2. The van der Waals surface area contributed by atoms with E-state index in [9.17, 15) is 23.1 Å². The molecule has 0 amide bonds. The number of halogens is 3. The third-order valence-corrected chi connectivity index (χ3v) is 6.99. The quantitative estimate of drug-likeness (QED) is 0.326. The molecule has 1 aliphatic rings. The van der Waals surface area contributed by atoms with E-state index in [0.29, 0.717) is 46.6 Å². The van der Waals surface area contributed by atoms with Gasteiger partial charge in [0, 0.05) is 41.5 Å². The van der Waals surface area contributed by atoms with Crippen LogP contribution in [0.5, 0.6) is 0 Å². The van der Waals surface area contributed by atoms with Crippen molar-refractivity contribution in [2.45, 2.75) is 32.5 Å². The first-order chi connectivity index (χ1) is 19.1. The summed E-state index contributed by atoms with van der Waals surface area (Å²) in [5.74, 6) is 0.511. The molecule has 3 aromatic heterocycles. The number of anilines is 1. The van der Waals surface area contributed by atoms with Crippen molar-refractivity contribution in [2.75, 3.05) is 18.0 Å². The predicted octanol–water partition coefficient (Wildman–Crippen LogP) is 5.31. The fourth-order valence-corrected chi connectivity index (χ4v) is 5.12. The molecular formula is C29H24F3N5O3. The second-order valence-electron chi connectivity index (χ2n) is 10.0. The molecule has 8 nitrogen and oxygen atoms in total. The number of nitrogens with zero attached hydrogens (tertiary/aromatic N) is 5. The molecule has 0 unspecified atom stereocenters. The van der Waals surface area contributed by atoms with Crippen molar-refractivity contribution in [1.82, 2.24) is 19.7 Å². The molecule has 204 valence electrons. The van der Waals surface area contributed by atoms with Gasteiger partial charge in [0.25, 0.3) is 5.56 Å². The van der Waals surface area contributed by atoms with Gasteiger partial charge in [-0.05, 0) is 73.9 Å². The zero-order valence-corrected chi connectivity index (χ0v) is 21.6. The molecule has 0 spiro atoms. The maximum atomic E-state index is 14.3. The minimum absolute atomic E-state index is 0.00607. The Morgan fingerprint density at radius 1 is 1.02 bits per heavy atom. The summed E-state index contributed by atoms with van der Waals surface area (Å²) < 4.78 is 49.0. The van der Waals surface area contributed by atoms with E-state index in [1.807, 2.05) is 26.0 Å². The van der Waals surface area contributed by atoms with Crippen LogP contribution < -0.4 is 10.5 Å². The largest absolute Gasteiger partial charge is 0.444 e. The standard InChI is InChI=1S/C29H24F3N5O3/c1-16-7-18(25-13-33-15-40-25)10-19(8-16)26-22-9-17(2)12-34-27(22)28(39)37(35-26)24-11-20(36-6-5-21(38)14-36)3-4-23(24)29(30,31)32/h3-4,7-13,15,21,38H,5-6,14H2,1-2H3/t21-/m0/s1. The minimum Gasteiger partial charge on any atom is -0.444 e. The lowest BCUT2D eigenvalue weighted by molar-refractivity contribution is -0.137. The van der Waals surface area contributed by atoms with E-state index in [-0.39, 0.29) is 12.1 Å². The summed E-state index contributed by atoms with van der Waals surface area (Å²) in [5.41, 5.74) is 1.44. The molecular weight excluding hydrogens is 523 g/mol. The van der Waals surface area contributed by atoms with Crippen molar-refractivity contribution < 1.29 is 22.7 Å². The minimum atomic E-state index is -4.75. The predicted molar refractivity (Wildman–Crippen MR) is 143 cm³/mol. The molecule has 0 aliphatic carbocycles. The van der Waals surface area contributed by atoms with Crippen LogP contribution in [0.1, 0.15) is 23.1 Å². The lowest BCUT2D eigenvalue weighted by atomic mass is 10.00. The van der Waals surface area contributed by atoms with Crippen molar-refractivity contribution in [2.24, 2.45) is 0 Å². The van der Waals surface area contributed by atoms with Gasteiger partial charge in [-0.25, -0.2) is 9.97 Å². The molecule has 11 heteroatoms. The number of aryl methyl sites for hydroxylation is 2. The van der Waals surface area contributed by atoms with Gasteiger partial charge in [-0.2, -0.15) is 23.0 Å². The van der Waals surface area contributed by atoms with Gasteiger partial charge >= 0.3 is 6.18 Å². The SMILES string of the molecule is Cc1cc(-c2cnco2)cc(-c2nn(-c3cc(N4CC[C@H](O)C4)ccc3C(F)(F)F)c(=O)c3ncc(C)cc23)c1. The van der Waals surface area contributed by atoms with Crippen LogP contribution in [-0.4, -0.2) is 44.0 Å². The van der Waals surface area contributed by atoms with E-state index in [1.54, 1.807) is 23.2 Å². The third kappa shape index (κ3) is 4.62. The van der Waals surface area contributed by atoms with Crippen molar-refractivity contribution in [1.29, 1.82) is 0 Å². The van der Waals surface area contributed by atoms with Gasteiger partial charge in [-0.3, -0.25) is 4.79 Å². The number of pyridine rings is 1. The highest BCUT2D eigenvalue weighted by atomic mass is 19.4. The van der Waals surface area contributed by atoms with Gasteiger partial charge in [0.1, 0.15) is 11.2 Å². The molecule has 0 bridgehead atoms. The number of oxazole rings is 1. The van der Waals surface area contributed by atoms with Crippen molar-refractivity contribution in [3.8, 4) is 28.3 Å². The van der Waals surface area contributed by atoms with E-state index in [1.165, 1.54) is 24.7 Å². The Balaban J connectivity index is 1.64. The lowest BCUT2D eigenvalue weighted by Gasteiger charge is -2.22. The average Bonchev–Trinajstić information content (AvgIpc) is 3.60. The molecule has 6 rings (SSSR count). The molecule has 0 radical (unpaired) electrons. The highest BCUT2D eigenvalue weighted by Gasteiger charge is 2.36. The summed E-state index contributed by atoms with van der Waals surface area (Å²) in [7, 11) is 0. The van der Waals surface area contributed by atoms with Gasteiger partial charge in [0.15, 0.2) is 12.2 Å². The Bertz CT molecular complexity index is 1800. The second kappa shape index (κ2) is 9.60. The molecule has 1 N–H and O–H groups in total. The Morgan fingerprint density at radius 2 is 1.82 bits per heavy atom. The fourth-order valence-electron chi connectivity index (χ4n) is 5.12. The van der Waals surface area contributed by atoms with E-state index in [4.69, 9.17) is 4.42 Å². The van der Waals surface area contributed by atoms with Gasteiger partial charge < -0.3 is 14.4 Å². The number of aliphatic hydroxyl groups is 1. The normalized spacial score (nSPS) is 15.8. The maximum Gasteiger partial charge on any atom is 0.418 e. The van der Waals surface area contributed by atoms with Gasteiger partial charge in [-0.15, -0.1) is 0 Å². The number of fused-ring (bicyclic) bond motifs is 1. The van der Waals surface area contributed by atoms with E-state index in [0.717, 1.165) is 21.9 Å². The lowest BCUT2D eigenvalue weighted by Crippen LogP contribution is -2.27. The molecule has 1 saturated heterocycles. The van der Waals surface area contributed by atoms with Gasteiger partial charge in [0.2, 0.25) is 0 Å². The van der Waals surface area contributed by atoms with Gasteiger partial charge in [0.05, 0.1) is 23.6 Å². The molecule has 1 aliphatic heterocycles. The first kappa shape index (κ1) is 25.8. The van der Waals surface area contributed by atoms with Crippen molar-refractivity contribution in [3.63, 3.8) is 0 Å². The number of β-amino-alcohol motifs (C(OH)–C–C–N with tert-alkyl or cyclic N) is 1. The van der Waals surface area contributed by atoms with Crippen LogP contribution >= 0.6 is 0 Å². The summed E-state index contributed by atoms with van der Waals surface area (Å²) in [5, 5.41) is 15.0. The summed E-state index contributed by atoms with van der Waals surface area (Å²) >= 11 is 0. The first-order valence-corrected chi connectivity index (χ1v) is 12.6. The number of hydrogen-bond acceptors (Lipinski definition) is 7. The van der Waals surface area contributed by atoms with Crippen LogP contribution in [0.3, 0.4) is 0 Å². The van der Waals surface area contributed by atoms with Crippen LogP contribution in [0, 0.1) is 13.8 Å². The molecule has 2 aromatic carbocycles.